The van der Waals surface area contributed by atoms with E-state index in [1.807, 2.05) is 43.3 Å². The lowest BCUT2D eigenvalue weighted by molar-refractivity contribution is 0.0854. The molecule has 2 bridgehead atoms. The van der Waals surface area contributed by atoms with Gasteiger partial charge in [-0.25, -0.2) is 14.8 Å². The van der Waals surface area contributed by atoms with Gasteiger partial charge in [-0.05, 0) is 24.6 Å². The van der Waals surface area contributed by atoms with Crippen LogP contribution in [0.5, 0.6) is 5.75 Å². The van der Waals surface area contributed by atoms with Gasteiger partial charge in [-0.2, -0.15) is 0 Å². The minimum absolute atomic E-state index is 0.0660. The smallest absolute Gasteiger partial charge is 0.404 e. The van der Waals surface area contributed by atoms with Crippen molar-refractivity contribution in [2.45, 2.75) is 18.6 Å². The molecule has 1 amide bonds. The summed E-state index contributed by atoms with van der Waals surface area (Å²) in [6.07, 6.45) is 5.89. The molecule has 2 aromatic heterocycles. The largest absolute Gasteiger partial charge is 0.496 e. The van der Waals surface area contributed by atoms with E-state index < -0.39 is 6.09 Å². The van der Waals surface area contributed by atoms with Gasteiger partial charge in [0.1, 0.15) is 23.2 Å². The lowest BCUT2D eigenvalue weighted by atomic mass is 9.98. The van der Waals surface area contributed by atoms with Gasteiger partial charge in [-0.15, -0.1) is 0 Å². The van der Waals surface area contributed by atoms with Crippen LogP contribution in [0, 0.1) is 11.8 Å². The normalized spacial score (nSPS) is 23.5. The van der Waals surface area contributed by atoms with Crippen LogP contribution in [-0.2, 0) is 4.74 Å². The molecule has 9 nitrogen and oxygen atoms in total. The van der Waals surface area contributed by atoms with Crippen LogP contribution in [0.25, 0.3) is 22.6 Å². The van der Waals surface area contributed by atoms with Crippen molar-refractivity contribution in [3.8, 4) is 17.1 Å². The summed E-state index contributed by atoms with van der Waals surface area (Å²) < 4.78 is 11.1. The minimum atomic E-state index is -0.750. The van der Waals surface area contributed by atoms with E-state index in [2.05, 4.69) is 27.4 Å². The molecule has 0 radical (unpaired) electrons. The third-order valence-electron chi connectivity index (χ3n) is 6.31. The lowest BCUT2D eigenvalue weighted by Gasteiger charge is -2.28. The maximum Gasteiger partial charge on any atom is 0.404 e. The van der Waals surface area contributed by atoms with Gasteiger partial charge >= 0.3 is 6.09 Å². The molecule has 2 aliphatic rings. The number of ether oxygens (including phenoxy) is 2. The summed E-state index contributed by atoms with van der Waals surface area (Å²) >= 11 is 0. The predicted octanol–water partition coefficient (Wildman–Crippen LogP) is 3.15. The first kappa shape index (κ1) is 20.2. The number of benzene rings is 1. The van der Waals surface area contributed by atoms with E-state index in [4.69, 9.17) is 20.2 Å². The molecule has 0 aliphatic heterocycles. The number of nitrogens with one attached hydrogen (secondary N) is 2. The summed E-state index contributed by atoms with van der Waals surface area (Å²) in [6, 6.07) is 7.81. The van der Waals surface area contributed by atoms with E-state index in [-0.39, 0.29) is 24.0 Å². The second-order valence-electron chi connectivity index (χ2n) is 8.44. The van der Waals surface area contributed by atoms with Gasteiger partial charge in [0, 0.05) is 43.9 Å². The molecule has 9 heteroatoms. The van der Waals surface area contributed by atoms with Crippen LogP contribution in [0.15, 0.2) is 42.6 Å². The molecule has 4 N–H and O–H groups in total. The Bertz CT molecular complexity index is 1200. The van der Waals surface area contributed by atoms with E-state index >= 15 is 0 Å². The van der Waals surface area contributed by atoms with Crippen LogP contribution >= 0.6 is 0 Å². The van der Waals surface area contributed by atoms with Gasteiger partial charge < -0.3 is 30.4 Å². The summed E-state index contributed by atoms with van der Waals surface area (Å²) in [5.41, 5.74) is 9.43. The highest BCUT2D eigenvalue weighted by Crippen LogP contribution is 2.43. The van der Waals surface area contributed by atoms with Crippen molar-refractivity contribution in [1.82, 2.24) is 15.0 Å². The van der Waals surface area contributed by atoms with Gasteiger partial charge in [0.25, 0.3) is 0 Å². The molecule has 1 fully saturated rings. The zero-order chi connectivity index (χ0) is 22.4. The number of carbonyl (C=O) groups is 1. The molecule has 4 atom stereocenters. The molecule has 2 heterocycles. The topological polar surface area (TPSA) is 118 Å². The Morgan fingerprint density at radius 3 is 2.81 bits per heavy atom. The fourth-order valence-corrected chi connectivity index (χ4v) is 4.75. The van der Waals surface area contributed by atoms with Crippen LogP contribution in [-0.4, -0.2) is 54.4 Å². The van der Waals surface area contributed by atoms with Crippen molar-refractivity contribution in [3.05, 3.63) is 42.6 Å². The highest BCUT2D eigenvalue weighted by atomic mass is 16.6. The zero-order valence-corrected chi connectivity index (χ0v) is 18.2. The minimum Gasteiger partial charge on any atom is -0.496 e. The van der Waals surface area contributed by atoms with Crippen LogP contribution in [0.2, 0.25) is 0 Å². The molecule has 166 valence electrons. The Morgan fingerprint density at radius 1 is 1.25 bits per heavy atom. The molecule has 1 saturated carbocycles. The maximum atomic E-state index is 11.4. The highest BCUT2D eigenvalue weighted by molar-refractivity contribution is 5.88. The summed E-state index contributed by atoms with van der Waals surface area (Å²) in [5, 5.41) is 3.55. The van der Waals surface area contributed by atoms with Crippen LogP contribution in [0.3, 0.4) is 0 Å². The average Bonchev–Trinajstić information content (AvgIpc) is 3.49. The fraction of sp³-hybridized carbons (Fsp3) is 0.348. The molecule has 0 saturated heterocycles. The maximum absolute atomic E-state index is 11.4. The number of methoxy groups -OCH3 is 1. The Labute approximate surface area is 185 Å². The van der Waals surface area contributed by atoms with Crippen molar-refractivity contribution in [1.29, 1.82) is 0 Å². The number of rotatable bonds is 6. The van der Waals surface area contributed by atoms with Gasteiger partial charge in [-0.1, -0.05) is 12.2 Å². The molecular weight excluding hydrogens is 408 g/mol. The first-order chi connectivity index (χ1) is 15.4. The number of primary amides is 1. The van der Waals surface area contributed by atoms with E-state index in [9.17, 15) is 4.79 Å². The summed E-state index contributed by atoms with van der Waals surface area (Å²) in [6.45, 7) is 0. The van der Waals surface area contributed by atoms with Crippen molar-refractivity contribution < 1.29 is 14.3 Å². The van der Waals surface area contributed by atoms with E-state index in [1.165, 1.54) is 0 Å². The number of nitrogens with zero attached hydrogens (tertiary/aromatic N) is 3. The number of aromatic nitrogens is 3. The molecule has 3 aromatic rings. The molecule has 2 aliphatic carbocycles. The number of hydrogen-bond acceptors (Lipinski definition) is 7. The van der Waals surface area contributed by atoms with Crippen LogP contribution < -0.4 is 20.7 Å². The molecule has 1 aromatic carbocycles. The van der Waals surface area contributed by atoms with Crippen molar-refractivity contribution in [3.63, 3.8) is 0 Å². The number of fused-ring (bicyclic) bond motifs is 3. The number of H-pyrrole nitrogens is 1. The van der Waals surface area contributed by atoms with E-state index in [0.29, 0.717) is 11.5 Å². The van der Waals surface area contributed by atoms with E-state index in [1.54, 1.807) is 13.3 Å². The number of pyridine rings is 1. The molecule has 5 rings (SSSR count). The lowest BCUT2D eigenvalue weighted by Crippen LogP contribution is -2.41. The number of amides is 1. The van der Waals surface area contributed by atoms with Crippen molar-refractivity contribution >= 4 is 28.6 Å². The first-order valence-corrected chi connectivity index (χ1v) is 10.6. The Hall–Kier alpha value is -3.75. The molecular formula is C23H26N6O3. The fourth-order valence-electron chi connectivity index (χ4n) is 4.75. The number of anilines is 2. The predicted molar refractivity (Wildman–Crippen MR) is 123 cm³/mol. The average molecular weight is 435 g/mol. The SMILES string of the molecule is COc1cc(N(C)C)ccc1-c1nc2nccc(N[C@H]3[C@@H](OC(N)=O)[C@@H]4C=C[C@H]3C4)c2[nH]1. The second kappa shape index (κ2) is 7.74. The van der Waals surface area contributed by atoms with E-state index in [0.717, 1.165) is 34.6 Å². The van der Waals surface area contributed by atoms with Gasteiger partial charge in [0.15, 0.2) is 5.65 Å². The summed E-state index contributed by atoms with van der Waals surface area (Å²) in [5.74, 6) is 1.84. The third kappa shape index (κ3) is 3.39. The monoisotopic (exact) mass is 434 g/mol. The first-order valence-electron chi connectivity index (χ1n) is 10.6. The van der Waals surface area contributed by atoms with Gasteiger partial charge in [-0.3, -0.25) is 0 Å². The van der Waals surface area contributed by atoms with Crippen LogP contribution in [0.1, 0.15) is 6.42 Å². The second-order valence-corrected chi connectivity index (χ2v) is 8.44. The number of aromatic amines is 1. The Kier molecular flexibility index (Phi) is 4.88. The number of carbonyl (C=O) groups excluding carboxylic acids is 1. The third-order valence-corrected chi connectivity index (χ3v) is 6.31. The van der Waals surface area contributed by atoms with Gasteiger partial charge in [0.05, 0.1) is 24.4 Å². The number of hydrogen-bond donors (Lipinski definition) is 3. The molecule has 0 unspecified atom stereocenters. The quantitative estimate of drug-likeness (QED) is 0.510. The highest BCUT2D eigenvalue weighted by Gasteiger charge is 2.47. The number of nitrogens with two attached hydrogens (primary N) is 1. The van der Waals surface area contributed by atoms with Gasteiger partial charge in [0.2, 0.25) is 0 Å². The Morgan fingerprint density at radius 2 is 2.06 bits per heavy atom. The van der Waals surface area contributed by atoms with Crippen molar-refractivity contribution in [2.75, 3.05) is 31.4 Å². The summed E-state index contributed by atoms with van der Waals surface area (Å²) in [7, 11) is 5.61. The zero-order valence-electron chi connectivity index (χ0n) is 18.2. The van der Waals surface area contributed by atoms with Crippen LogP contribution in [0.4, 0.5) is 16.2 Å². The Balaban J connectivity index is 1.49. The summed E-state index contributed by atoms with van der Waals surface area (Å²) in [4.78, 5) is 26.0. The van der Waals surface area contributed by atoms with Crippen molar-refractivity contribution in [2.24, 2.45) is 17.6 Å². The standard InChI is InChI=1S/C23H26N6O3/c1-29(2)14-6-7-15(17(11-14)31-3)21-27-19-16(8-9-25-22(19)28-21)26-18-12-4-5-13(10-12)20(18)32-23(24)30/h4-9,11-13,18,20H,10H2,1-3H3,(H2,24,30)(H2,25,26,27,28)/t12-,13+,18+,20-/m0/s1. The number of imidazole rings is 1. The molecule has 0 spiro atoms. The molecule has 32 heavy (non-hydrogen) atoms.